The van der Waals surface area contributed by atoms with E-state index in [2.05, 4.69) is 15.5 Å². The Kier molecular flexibility index (Phi) is 6.12. The van der Waals surface area contributed by atoms with E-state index in [1.807, 2.05) is 42.5 Å². The van der Waals surface area contributed by atoms with Crippen LogP contribution in [-0.4, -0.2) is 16.0 Å². The standard InChI is InChI=1S/C23H17Cl2N3O2/c24-17-10-6-9-16(14-17)21-27-23(30-28-21)20(13-15-7-2-1-3-8-15)26-22(29)18-11-4-5-12-19(18)25/h1-12,14,20H,13H2,(H,26,29). The van der Waals surface area contributed by atoms with Gasteiger partial charge in [-0.3, -0.25) is 4.79 Å². The first-order valence-electron chi connectivity index (χ1n) is 9.29. The molecule has 7 heteroatoms. The third-order valence-corrected chi connectivity index (χ3v) is 5.09. The monoisotopic (exact) mass is 437 g/mol. The number of carbonyl (C=O) groups excluding carboxylic acids is 1. The van der Waals surface area contributed by atoms with Crippen molar-refractivity contribution in [3.63, 3.8) is 0 Å². The summed E-state index contributed by atoms with van der Waals surface area (Å²) in [6.45, 7) is 0. The van der Waals surface area contributed by atoms with Crippen molar-refractivity contribution >= 4 is 29.1 Å². The molecule has 0 aliphatic heterocycles. The average molecular weight is 438 g/mol. The molecule has 4 aromatic rings. The van der Waals surface area contributed by atoms with Gasteiger partial charge in [0.25, 0.3) is 5.91 Å². The molecule has 1 heterocycles. The molecule has 1 aromatic heterocycles. The molecule has 0 radical (unpaired) electrons. The second-order valence-electron chi connectivity index (χ2n) is 6.66. The molecule has 3 aromatic carbocycles. The first-order chi connectivity index (χ1) is 14.6. The molecule has 1 unspecified atom stereocenters. The number of nitrogens with one attached hydrogen (secondary N) is 1. The Morgan fingerprint density at radius 3 is 2.50 bits per heavy atom. The molecule has 0 aliphatic rings. The molecule has 0 aliphatic carbocycles. The van der Waals surface area contributed by atoms with E-state index >= 15 is 0 Å². The van der Waals surface area contributed by atoms with Crippen LogP contribution < -0.4 is 5.32 Å². The highest BCUT2D eigenvalue weighted by atomic mass is 35.5. The molecule has 0 saturated carbocycles. The molecule has 0 fully saturated rings. The number of rotatable bonds is 6. The minimum absolute atomic E-state index is 0.300. The summed E-state index contributed by atoms with van der Waals surface area (Å²) in [5.74, 6) is 0.385. The van der Waals surface area contributed by atoms with E-state index in [9.17, 15) is 4.79 Å². The normalized spacial score (nSPS) is 11.8. The lowest BCUT2D eigenvalue weighted by Gasteiger charge is -2.16. The fourth-order valence-corrected chi connectivity index (χ4v) is 3.46. The van der Waals surface area contributed by atoms with Crippen LogP contribution >= 0.6 is 23.2 Å². The summed E-state index contributed by atoms with van der Waals surface area (Å²) in [6, 6.07) is 23.3. The maximum atomic E-state index is 12.9. The minimum atomic E-state index is -0.531. The summed E-state index contributed by atoms with van der Waals surface area (Å²) in [4.78, 5) is 17.4. The van der Waals surface area contributed by atoms with Crippen LogP contribution in [0.1, 0.15) is 27.9 Å². The number of aromatic nitrogens is 2. The molecule has 1 amide bonds. The Labute approximate surface area is 183 Å². The van der Waals surface area contributed by atoms with Crippen molar-refractivity contribution in [2.75, 3.05) is 0 Å². The van der Waals surface area contributed by atoms with Crippen LogP contribution in [-0.2, 0) is 6.42 Å². The van der Waals surface area contributed by atoms with Crippen molar-refractivity contribution in [3.8, 4) is 11.4 Å². The molecule has 0 saturated heterocycles. The van der Waals surface area contributed by atoms with E-state index in [-0.39, 0.29) is 5.91 Å². The zero-order valence-electron chi connectivity index (χ0n) is 15.8. The fourth-order valence-electron chi connectivity index (χ4n) is 3.05. The Balaban J connectivity index is 1.64. The van der Waals surface area contributed by atoms with Crippen molar-refractivity contribution in [3.05, 3.63) is 106 Å². The van der Waals surface area contributed by atoms with Crippen LogP contribution in [0.3, 0.4) is 0 Å². The number of benzene rings is 3. The zero-order chi connectivity index (χ0) is 20.9. The van der Waals surface area contributed by atoms with Crippen molar-refractivity contribution in [2.24, 2.45) is 0 Å². The molecule has 1 atom stereocenters. The van der Waals surface area contributed by atoms with Crippen molar-refractivity contribution < 1.29 is 9.32 Å². The van der Waals surface area contributed by atoms with E-state index in [4.69, 9.17) is 27.7 Å². The van der Waals surface area contributed by atoms with Crippen LogP contribution in [0.2, 0.25) is 10.0 Å². The molecule has 0 bridgehead atoms. The van der Waals surface area contributed by atoms with Crippen molar-refractivity contribution in [1.29, 1.82) is 0 Å². The van der Waals surface area contributed by atoms with Crippen LogP contribution in [0.5, 0.6) is 0 Å². The van der Waals surface area contributed by atoms with Gasteiger partial charge in [-0.2, -0.15) is 4.98 Å². The van der Waals surface area contributed by atoms with Gasteiger partial charge in [-0.1, -0.05) is 83.0 Å². The molecule has 5 nitrogen and oxygen atoms in total. The zero-order valence-corrected chi connectivity index (χ0v) is 17.3. The maximum absolute atomic E-state index is 12.9. The van der Waals surface area contributed by atoms with Gasteiger partial charge >= 0.3 is 0 Å². The van der Waals surface area contributed by atoms with E-state index in [1.165, 1.54) is 0 Å². The highest BCUT2D eigenvalue weighted by Gasteiger charge is 2.24. The largest absolute Gasteiger partial charge is 0.340 e. The molecule has 4 rings (SSSR count). The van der Waals surface area contributed by atoms with E-state index in [0.717, 1.165) is 11.1 Å². The average Bonchev–Trinajstić information content (AvgIpc) is 3.25. The highest BCUT2D eigenvalue weighted by molar-refractivity contribution is 6.33. The second kappa shape index (κ2) is 9.11. The van der Waals surface area contributed by atoms with Crippen LogP contribution in [0, 0.1) is 0 Å². The molecular formula is C23H17Cl2N3O2. The van der Waals surface area contributed by atoms with Crippen molar-refractivity contribution in [1.82, 2.24) is 15.5 Å². The van der Waals surface area contributed by atoms with E-state index < -0.39 is 6.04 Å². The Bertz CT molecular complexity index is 1160. The van der Waals surface area contributed by atoms with Crippen LogP contribution in [0.4, 0.5) is 0 Å². The summed E-state index contributed by atoms with van der Waals surface area (Å²) >= 11 is 12.3. The summed E-state index contributed by atoms with van der Waals surface area (Å²) in [5.41, 5.74) is 2.13. The topological polar surface area (TPSA) is 68.0 Å². The molecule has 1 N–H and O–H groups in total. The first-order valence-corrected chi connectivity index (χ1v) is 10.0. The van der Waals surface area contributed by atoms with Crippen LogP contribution in [0.25, 0.3) is 11.4 Å². The van der Waals surface area contributed by atoms with Crippen LogP contribution in [0.15, 0.2) is 83.4 Å². The number of hydrogen-bond donors (Lipinski definition) is 1. The van der Waals surface area contributed by atoms with Gasteiger partial charge in [-0.25, -0.2) is 0 Å². The first kappa shape index (κ1) is 20.1. The quantitative estimate of drug-likeness (QED) is 0.416. The number of hydrogen-bond acceptors (Lipinski definition) is 4. The Morgan fingerprint density at radius 1 is 0.967 bits per heavy atom. The summed E-state index contributed by atoms with van der Waals surface area (Å²) < 4.78 is 5.51. The number of halogens is 2. The minimum Gasteiger partial charge on any atom is -0.340 e. The van der Waals surface area contributed by atoms with Crippen molar-refractivity contribution in [2.45, 2.75) is 12.5 Å². The van der Waals surface area contributed by atoms with Gasteiger partial charge in [0.2, 0.25) is 11.7 Å². The van der Waals surface area contributed by atoms with Gasteiger partial charge in [0.15, 0.2) is 0 Å². The van der Waals surface area contributed by atoms with Gasteiger partial charge in [-0.05, 0) is 29.8 Å². The molecule has 30 heavy (non-hydrogen) atoms. The van der Waals surface area contributed by atoms with Gasteiger partial charge in [0.05, 0.1) is 10.6 Å². The summed E-state index contributed by atoms with van der Waals surface area (Å²) in [7, 11) is 0. The van der Waals surface area contributed by atoms with E-state index in [1.54, 1.807) is 36.4 Å². The van der Waals surface area contributed by atoms with Gasteiger partial charge in [0.1, 0.15) is 6.04 Å². The highest BCUT2D eigenvalue weighted by Crippen LogP contribution is 2.24. The van der Waals surface area contributed by atoms with Gasteiger partial charge in [0, 0.05) is 17.0 Å². The molecule has 0 spiro atoms. The molecule has 150 valence electrons. The lowest BCUT2D eigenvalue weighted by atomic mass is 10.1. The predicted octanol–water partition coefficient (Wildman–Crippen LogP) is 5.76. The smallest absolute Gasteiger partial charge is 0.253 e. The number of amides is 1. The third kappa shape index (κ3) is 4.70. The summed E-state index contributed by atoms with van der Waals surface area (Å²) in [5, 5.41) is 7.98. The number of nitrogens with zero attached hydrogens (tertiary/aromatic N) is 2. The fraction of sp³-hybridized carbons (Fsp3) is 0.0870. The Morgan fingerprint density at radius 2 is 1.73 bits per heavy atom. The third-order valence-electron chi connectivity index (χ3n) is 4.53. The lowest BCUT2D eigenvalue weighted by molar-refractivity contribution is 0.0928. The molecular weight excluding hydrogens is 421 g/mol. The maximum Gasteiger partial charge on any atom is 0.253 e. The number of carbonyl (C=O) groups is 1. The lowest BCUT2D eigenvalue weighted by Crippen LogP contribution is -2.30. The SMILES string of the molecule is O=C(NC(Cc1ccccc1)c1nc(-c2cccc(Cl)c2)no1)c1ccccc1Cl. The summed E-state index contributed by atoms with van der Waals surface area (Å²) in [6.07, 6.45) is 0.480. The second-order valence-corrected chi connectivity index (χ2v) is 7.51. The van der Waals surface area contributed by atoms with Gasteiger partial charge < -0.3 is 9.84 Å². The van der Waals surface area contributed by atoms with E-state index in [0.29, 0.717) is 33.7 Å². The Hall–Kier alpha value is -3.15. The van der Waals surface area contributed by atoms with Gasteiger partial charge in [-0.15, -0.1) is 0 Å². The predicted molar refractivity (Wildman–Crippen MR) is 117 cm³/mol.